The van der Waals surface area contributed by atoms with Gasteiger partial charge in [0, 0.05) is 19.6 Å². The van der Waals surface area contributed by atoms with Gasteiger partial charge in [0.2, 0.25) is 0 Å². The maximum Gasteiger partial charge on any atom is 0.0592 e. The smallest absolute Gasteiger partial charge is 0.0592 e. The summed E-state index contributed by atoms with van der Waals surface area (Å²) in [7, 11) is 0. The van der Waals surface area contributed by atoms with Crippen LogP contribution in [0.25, 0.3) is 0 Å². The molecule has 0 saturated carbocycles. The molecule has 2 unspecified atom stereocenters. The molecule has 76 valence electrons. The Hall–Kier alpha value is -0.340. The van der Waals surface area contributed by atoms with Crippen molar-refractivity contribution in [3.63, 3.8) is 0 Å². The Balaban J connectivity index is 2.40. The zero-order chi connectivity index (χ0) is 9.84. The fraction of sp³-hybridized carbons (Fsp3) is 0.818. The molecule has 2 nitrogen and oxygen atoms in total. The van der Waals surface area contributed by atoms with E-state index in [1.54, 1.807) is 0 Å². The average molecular weight is 183 g/mol. The molecule has 1 heterocycles. The van der Waals surface area contributed by atoms with Crippen molar-refractivity contribution < 1.29 is 5.11 Å². The molecule has 0 aromatic heterocycles. The van der Waals surface area contributed by atoms with Crippen LogP contribution in [0.4, 0.5) is 0 Å². The second kappa shape index (κ2) is 4.77. The number of aliphatic hydroxyl groups excluding tert-OH is 1. The second-order valence-electron chi connectivity index (χ2n) is 4.22. The number of likely N-dealkylation sites (tertiary alicyclic amines) is 1. The molecule has 0 aliphatic carbocycles. The Labute approximate surface area is 81.2 Å². The molecule has 1 aliphatic rings. The zero-order valence-electron chi connectivity index (χ0n) is 8.79. The summed E-state index contributed by atoms with van der Waals surface area (Å²) in [6.45, 7) is 11.2. The first kappa shape index (κ1) is 10.7. The molecule has 1 saturated heterocycles. The molecular formula is C11H21NO. The fourth-order valence-corrected chi connectivity index (χ4v) is 2.02. The maximum atomic E-state index is 9.67. The van der Waals surface area contributed by atoms with Gasteiger partial charge < -0.3 is 5.11 Å². The van der Waals surface area contributed by atoms with E-state index in [-0.39, 0.29) is 6.10 Å². The third-order valence-electron chi connectivity index (χ3n) is 2.80. The summed E-state index contributed by atoms with van der Waals surface area (Å²) in [6, 6.07) is 0. The Morgan fingerprint density at radius 2 is 2.31 bits per heavy atom. The minimum Gasteiger partial charge on any atom is -0.393 e. The lowest BCUT2D eigenvalue weighted by molar-refractivity contribution is 0.0286. The van der Waals surface area contributed by atoms with Crippen molar-refractivity contribution in [2.45, 2.75) is 32.8 Å². The van der Waals surface area contributed by atoms with Crippen LogP contribution in [0, 0.1) is 5.92 Å². The lowest BCUT2D eigenvalue weighted by Crippen LogP contribution is -2.43. The minimum atomic E-state index is -0.0774. The highest BCUT2D eigenvalue weighted by Gasteiger charge is 2.25. The molecule has 0 bridgehead atoms. The van der Waals surface area contributed by atoms with E-state index in [2.05, 4.69) is 25.3 Å². The van der Waals surface area contributed by atoms with E-state index in [4.69, 9.17) is 0 Å². The molecule has 13 heavy (non-hydrogen) atoms. The normalized spacial score (nSPS) is 30.4. The molecule has 0 radical (unpaired) electrons. The molecular weight excluding hydrogens is 162 g/mol. The van der Waals surface area contributed by atoms with E-state index in [0.29, 0.717) is 5.92 Å². The first-order valence-electron chi connectivity index (χ1n) is 5.18. The van der Waals surface area contributed by atoms with Crippen molar-refractivity contribution in [3.8, 4) is 0 Å². The van der Waals surface area contributed by atoms with Crippen molar-refractivity contribution in [1.29, 1.82) is 0 Å². The predicted octanol–water partition coefficient (Wildman–Crippen LogP) is 1.66. The molecule has 1 N–H and O–H groups in total. The molecule has 0 aromatic rings. The van der Waals surface area contributed by atoms with Gasteiger partial charge in [0.05, 0.1) is 6.10 Å². The lowest BCUT2D eigenvalue weighted by Gasteiger charge is -2.35. The SMILES string of the molecule is C=C(C)CN1CCC(O)C(CC)C1. The van der Waals surface area contributed by atoms with Crippen LogP contribution in [0.3, 0.4) is 0 Å². The molecule has 2 atom stereocenters. The van der Waals surface area contributed by atoms with E-state index >= 15 is 0 Å². The first-order chi connectivity index (χ1) is 6.13. The Bertz CT molecular complexity index is 179. The van der Waals surface area contributed by atoms with E-state index < -0.39 is 0 Å². The van der Waals surface area contributed by atoms with Gasteiger partial charge >= 0.3 is 0 Å². The van der Waals surface area contributed by atoms with Crippen LogP contribution in [-0.2, 0) is 0 Å². The van der Waals surface area contributed by atoms with Crippen LogP contribution < -0.4 is 0 Å². The zero-order valence-corrected chi connectivity index (χ0v) is 8.79. The average Bonchev–Trinajstić information content (AvgIpc) is 2.07. The molecule has 1 rings (SSSR count). The molecule has 0 aromatic carbocycles. The van der Waals surface area contributed by atoms with Gasteiger partial charge in [-0.25, -0.2) is 0 Å². The monoisotopic (exact) mass is 183 g/mol. The highest BCUT2D eigenvalue weighted by Crippen LogP contribution is 2.20. The van der Waals surface area contributed by atoms with Crippen LogP contribution in [0.2, 0.25) is 0 Å². The van der Waals surface area contributed by atoms with Gasteiger partial charge in [0.1, 0.15) is 0 Å². The number of nitrogens with zero attached hydrogens (tertiary/aromatic N) is 1. The van der Waals surface area contributed by atoms with Crippen molar-refractivity contribution in [2.75, 3.05) is 19.6 Å². The molecule has 2 heteroatoms. The summed E-state index contributed by atoms with van der Waals surface area (Å²) in [6.07, 6.45) is 1.92. The second-order valence-corrected chi connectivity index (χ2v) is 4.22. The Morgan fingerprint density at radius 1 is 1.62 bits per heavy atom. The standard InChI is InChI=1S/C11H21NO/c1-4-10-8-12(7-9(2)3)6-5-11(10)13/h10-11,13H,2,4-8H2,1,3H3. The molecule has 0 spiro atoms. The van der Waals surface area contributed by atoms with Crippen molar-refractivity contribution in [2.24, 2.45) is 5.92 Å². The molecule has 1 aliphatic heterocycles. The van der Waals surface area contributed by atoms with Gasteiger partial charge in [0.15, 0.2) is 0 Å². The quantitative estimate of drug-likeness (QED) is 0.673. The first-order valence-corrected chi connectivity index (χ1v) is 5.18. The summed E-state index contributed by atoms with van der Waals surface area (Å²) in [5, 5.41) is 9.67. The summed E-state index contributed by atoms with van der Waals surface area (Å²) < 4.78 is 0. The highest BCUT2D eigenvalue weighted by molar-refractivity contribution is 4.93. The third kappa shape index (κ3) is 3.12. The van der Waals surface area contributed by atoms with Crippen LogP contribution in [0.5, 0.6) is 0 Å². The van der Waals surface area contributed by atoms with E-state index in [1.807, 2.05) is 0 Å². The molecule has 1 fully saturated rings. The van der Waals surface area contributed by atoms with Gasteiger partial charge in [-0.05, 0) is 25.7 Å². The van der Waals surface area contributed by atoms with E-state index in [1.165, 1.54) is 5.57 Å². The lowest BCUT2D eigenvalue weighted by atomic mass is 9.92. The van der Waals surface area contributed by atoms with Gasteiger partial charge in [-0.3, -0.25) is 4.90 Å². The summed E-state index contributed by atoms with van der Waals surface area (Å²) in [5.74, 6) is 0.466. The maximum absolute atomic E-state index is 9.67. The van der Waals surface area contributed by atoms with Crippen LogP contribution in [0.1, 0.15) is 26.7 Å². The van der Waals surface area contributed by atoms with Gasteiger partial charge in [-0.2, -0.15) is 0 Å². The number of hydrogen-bond donors (Lipinski definition) is 1. The van der Waals surface area contributed by atoms with E-state index in [0.717, 1.165) is 32.5 Å². The largest absolute Gasteiger partial charge is 0.393 e. The topological polar surface area (TPSA) is 23.5 Å². The summed E-state index contributed by atoms with van der Waals surface area (Å²) >= 11 is 0. The van der Waals surface area contributed by atoms with E-state index in [9.17, 15) is 5.11 Å². The Morgan fingerprint density at radius 3 is 2.85 bits per heavy atom. The van der Waals surface area contributed by atoms with Gasteiger partial charge in [0.25, 0.3) is 0 Å². The third-order valence-corrected chi connectivity index (χ3v) is 2.80. The Kier molecular flexibility index (Phi) is 3.94. The van der Waals surface area contributed by atoms with Gasteiger partial charge in [-0.1, -0.05) is 19.1 Å². The van der Waals surface area contributed by atoms with Crippen LogP contribution in [-0.4, -0.2) is 35.7 Å². The van der Waals surface area contributed by atoms with Gasteiger partial charge in [-0.15, -0.1) is 0 Å². The number of aliphatic hydroxyl groups is 1. The fourth-order valence-electron chi connectivity index (χ4n) is 2.02. The van der Waals surface area contributed by atoms with Crippen molar-refractivity contribution in [1.82, 2.24) is 4.90 Å². The minimum absolute atomic E-state index is 0.0774. The van der Waals surface area contributed by atoms with Crippen LogP contribution >= 0.6 is 0 Å². The van der Waals surface area contributed by atoms with Crippen LogP contribution in [0.15, 0.2) is 12.2 Å². The number of rotatable bonds is 3. The number of hydrogen-bond acceptors (Lipinski definition) is 2. The predicted molar refractivity (Wildman–Crippen MR) is 55.7 cm³/mol. The summed E-state index contributed by atoms with van der Waals surface area (Å²) in [4.78, 5) is 2.39. The molecule has 0 amide bonds. The highest BCUT2D eigenvalue weighted by atomic mass is 16.3. The number of piperidine rings is 1. The summed E-state index contributed by atoms with van der Waals surface area (Å²) in [5.41, 5.74) is 1.21. The van der Waals surface area contributed by atoms with Crippen molar-refractivity contribution in [3.05, 3.63) is 12.2 Å². The van der Waals surface area contributed by atoms with Crippen molar-refractivity contribution >= 4 is 0 Å².